The number of terminal acetylenes is 1. The molecule has 1 aromatic carbocycles. The van der Waals surface area contributed by atoms with Crippen molar-refractivity contribution in [3.8, 4) is 18.1 Å². The molecule has 1 amide bonds. The van der Waals surface area contributed by atoms with Crippen molar-refractivity contribution in [1.82, 2.24) is 4.98 Å². The number of hydrogen-bond donors (Lipinski definition) is 1. The van der Waals surface area contributed by atoms with Gasteiger partial charge in [-0.05, 0) is 48.2 Å². The number of benzene rings is 1. The van der Waals surface area contributed by atoms with E-state index in [2.05, 4.69) is 16.2 Å². The second kappa shape index (κ2) is 6.31. The van der Waals surface area contributed by atoms with Gasteiger partial charge in [-0.15, -0.1) is 6.42 Å². The van der Waals surface area contributed by atoms with Crippen molar-refractivity contribution < 1.29 is 9.53 Å². The number of aromatic nitrogens is 1. The standard InChI is InChI=1S/C18H16N2O2/c1-2-10-22-15-7-5-14(6-8-15)20-18(21)17-11-16(17)13-4-3-9-19-12-13/h1,3-9,12,16-17H,10-11H2,(H,20,21)/t16-,17+/m0/s1. The largest absolute Gasteiger partial charge is 0.481 e. The molecular formula is C18H16N2O2. The minimum atomic E-state index is 0.0292. The van der Waals surface area contributed by atoms with Gasteiger partial charge >= 0.3 is 0 Å². The predicted molar refractivity (Wildman–Crippen MR) is 84.5 cm³/mol. The molecule has 0 aliphatic heterocycles. The van der Waals surface area contributed by atoms with Crippen molar-refractivity contribution in [3.05, 3.63) is 54.4 Å². The quantitative estimate of drug-likeness (QED) is 0.862. The smallest absolute Gasteiger partial charge is 0.228 e. The van der Waals surface area contributed by atoms with Crippen molar-refractivity contribution in [2.24, 2.45) is 5.92 Å². The summed E-state index contributed by atoms with van der Waals surface area (Å²) in [5, 5.41) is 2.93. The van der Waals surface area contributed by atoms with Crippen LogP contribution >= 0.6 is 0 Å². The zero-order valence-electron chi connectivity index (χ0n) is 12.0. The topological polar surface area (TPSA) is 51.2 Å². The molecule has 4 heteroatoms. The van der Waals surface area contributed by atoms with Crippen LogP contribution in [0.3, 0.4) is 0 Å². The molecule has 22 heavy (non-hydrogen) atoms. The maximum absolute atomic E-state index is 12.2. The lowest BCUT2D eigenvalue weighted by Crippen LogP contribution is -2.14. The fourth-order valence-corrected chi connectivity index (χ4v) is 2.44. The Morgan fingerprint density at radius 3 is 2.86 bits per heavy atom. The number of amides is 1. The second-order valence-electron chi connectivity index (χ2n) is 5.24. The van der Waals surface area contributed by atoms with Crippen molar-refractivity contribution >= 4 is 11.6 Å². The molecule has 0 saturated heterocycles. The molecular weight excluding hydrogens is 276 g/mol. The van der Waals surface area contributed by atoms with Gasteiger partial charge in [0.2, 0.25) is 5.91 Å². The summed E-state index contributed by atoms with van der Waals surface area (Å²) in [6.45, 7) is 0.237. The third-order valence-corrected chi connectivity index (χ3v) is 3.68. The van der Waals surface area contributed by atoms with Gasteiger partial charge in [-0.2, -0.15) is 0 Å². The minimum Gasteiger partial charge on any atom is -0.481 e. The summed E-state index contributed by atoms with van der Waals surface area (Å²) in [6, 6.07) is 11.1. The summed E-state index contributed by atoms with van der Waals surface area (Å²) in [7, 11) is 0. The maximum atomic E-state index is 12.2. The molecule has 1 aliphatic rings. The molecule has 1 aromatic heterocycles. The lowest BCUT2D eigenvalue weighted by molar-refractivity contribution is -0.117. The lowest BCUT2D eigenvalue weighted by Gasteiger charge is -2.07. The zero-order chi connectivity index (χ0) is 15.4. The number of anilines is 1. The average Bonchev–Trinajstić information content (AvgIpc) is 3.36. The van der Waals surface area contributed by atoms with E-state index < -0.39 is 0 Å². The van der Waals surface area contributed by atoms with Crippen molar-refractivity contribution in [2.75, 3.05) is 11.9 Å². The second-order valence-corrected chi connectivity index (χ2v) is 5.24. The average molecular weight is 292 g/mol. The summed E-state index contributed by atoms with van der Waals surface area (Å²) in [5.41, 5.74) is 1.88. The highest BCUT2D eigenvalue weighted by Gasteiger charge is 2.44. The molecule has 1 heterocycles. The molecule has 0 bridgehead atoms. The normalized spacial score (nSPS) is 19.0. The van der Waals surface area contributed by atoms with Gasteiger partial charge in [0.25, 0.3) is 0 Å². The number of rotatable bonds is 5. The van der Waals surface area contributed by atoms with E-state index >= 15 is 0 Å². The number of hydrogen-bond acceptors (Lipinski definition) is 3. The first kappa shape index (κ1) is 14.2. The monoisotopic (exact) mass is 292 g/mol. The molecule has 3 rings (SSSR count). The molecule has 1 fully saturated rings. The number of ether oxygens (including phenoxy) is 1. The number of nitrogens with one attached hydrogen (secondary N) is 1. The molecule has 110 valence electrons. The fourth-order valence-electron chi connectivity index (χ4n) is 2.44. The Bertz CT molecular complexity index is 689. The van der Waals surface area contributed by atoms with Crippen molar-refractivity contribution in [1.29, 1.82) is 0 Å². The van der Waals surface area contributed by atoms with E-state index in [1.54, 1.807) is 18.3 Å². The number of pyridine rings is 1. The minimum absolute atomic E-state index is 0.0292. The van der Waals surface area contributed by atoms with E-state index in [4.69, 9.17) is 11.2 Å². The van der Waals surface area contributed by atoms with Gasteiger partial charge < -0.3 is 10.1 Å². The highest BCUT2D eigenvalue weighted by atomic mass is 16.5. The summed E-state index contributed by atoms with van der Waals surface area (Å²) < 4.78 is 5.29. The van der Waals surface area contributed by atoms with Crippen LogP contribution in [0.1, 0.15) is 17.9 Å². The lowest BCUT2D eigenvalue weighted by atomic mass is 10.1. The highest BCUT2D eigenvalue weighted by molar-refractivity contribution is 5.95. The molecule has 1 saturated carbocycles. The van der Waals surface area contributed by atoms with Crippen molar-refractivity contribution in [3.63, 3.8) is 0 Å². The Balaban J connectivity index is 1.56. The van der Waals surface area contributed by atoms with E-state index in [0.29, 0.717) is 5.75 Å². The zero-order valence-corrected chi connectivity index (χ0v) is 12.0. The van der Waals surface area contributed by atoms with Gasteiger partial charge in [0.05, 0.1) is 0 Å². The van der Waals surface area contributed by atoms with E-state index in [-0.39, 0.29) is 24.3 Å². The van der Waals surface area contributed by atoms with E-state index in [0.717, 1.165) is 17.7 Å². The summed E-state index contributed by atoms with van der Waals surface area (Å²) >= 11 is 0. The van der Waals surface area contributed by atoms with E-state index in [9.17, 15) is 4.79 Å². The first-order valence-electron chi connectivity index (χ1n) is 7.15. The van der Waals surface area contributed by atoms with Gasteiger partial charge in [0.15, 0.2) is 0 Å². The number of nitrogens with zero attached hydrogens (tertiary/aromatic N) is 1. The van der Waals surface area contributed by atoms with Gasteiger partial charge in [0, 0.05) is 24.0 Å². The Morgan fingerprint density at radius 2 is 2.18 bits per heavy atom. The van der Waals surface area contributed by atoms with Crippen LogP contribution in [0.2, 0.25) is 0 Å². The molecule has 2 aromatic rings. The number of carbonyl (C=O) groups excluding carboxylic acids is 1. The van der Waals surface area contributed by atoms with Crippen LogP contribution in [0.5, 0.6) is 5.75 Å². The first-order chi connectivity index (χ1) is 10.8. The van der Waals surface area contributed by atoms with Crippen LogP contribution < -0.4 is 10.1 Å². The van der Waals surface area contributed by atoms with Gasteiger partial charge in [-0.3, -0.25) is 9.78 Å². The number of carbonyl (C=O) groups is 1. The SMILES string of the molecule is C#CCOc1ccc(NC(=O)[C@@H]2C[C@H]2c2cccnc2)cc1. The fraction of sp³-hybridized carbons (Fsp3) is 0.222. The molecule has 0 unspecified atom stereocenters. The Morgan fingerprint density at radius 1 is 1.36 bits per heavy atom. The Labute approximate surface area is 129 Å². The molecule has 1 aliphatic carbocycles. The van der Waals surface area contributed by atoms with Gasteiger partial charge in [-0.25, -0.2) is 0 Å². The maximum Gasteiger partial charge on any atom is 0.228 e. The van der Waals surface area contributed by atoms with Crippen LogP contribution in [0.25, 0.3) is 0 Å². The van der Waals surface area contributed by atoms with Gasteiger partial charge in [-0.1, -0.05) is 12.0 Å². The molecule has 2 atom stereocenters. The molecule has 0 spiro atoms. The first-order valence-corrected chi connectivity index (χ1v) is 7.15. The van der Waals surface area contributed by atoms with Crippen LogP contribution in [0.15, 0.2) is 48.8 Å². The molecule has 4 nitrogen and oxygen atoms in total. The van der Waals surface area contributed by atoms with Crippen LogP contribution in [0, 0.1) is 18.3 Å². The van der Waals surface area contributed by atoms with E-state index in [1.807, 2.05) is 30.5 Å². The van der Waals surface area contributed by atoms with E-state index in [1.165, 1.54) is 0 Å². The third-order valence-electron chi connectivity index (χ3n) is 3.68. The summed E-state index contributed by atoms with van der Waals surface area (Å²) in [5.74, 6) is 3.46. The van der Waals surface area contributed by atoms with Crippen LogP contribution in [0.4, 0.5) is 5.69 Å². The van der Waals surface area contributed by atoms with Crippen LogP contribution in [-0.4, -0.2) is 17.5 Å². The predicted octanol–water partition coefficient (Wildman–Crippen LogP) is 2.84. The molecule has 1 N–H and O–H groups in total. The highest BCUT2D eigenvalue weighted by Crippen LogP contribution is 2.47. The Kier molecular flexibility index (Phi) is 4.06. The summed E-state index contributed by atoms with van der Waals surface area (Å²) in [6.07, 6.45) is 9.58. The molecule has 0 radical (unpaired) electrons. The van der Waals surface area contributed by atoms with Crippen LogP contribution in [-0.2, 0) is 4.79 Å². The Hall–Kier alpha value is -2.80. The third kappa shape index (κ3) is 3.26. The summed E-state index contributed by atoms with van der Waals surface area (Å²) in [4.78, 5) is 16.3. The van der Waals surface area contributed by atoms with Gasteiger partial charge in [0.1, 0.15) is 12.4 Å². The van der Waals surface area contributed by atoms with Crippen molar-refractivity contribution in [2.45, 2.75) is 12.3 Å².